The van der Waals surface area contributed by atoms with Crippen molar-refractivity contribution in [2.75, 3.05) is 0 Å². The van der Waals surface area contributed by atoms with Crippen molar-refractivity contribution < 1.29 is 4.79 Å². The summed E-state index contributed by atoms with van der Waals surface area (Å²) < 4.78 is 0. The average molecular weight is 170 g/mol. The fourth-order valence-corrected chi connectivity index (χ4v) is 1.77. The van der Waals surface area contributed by atoms with E-state index in [1.165, 1.54) is 11.3 Å². The molecule has 4 N–H and O–H groups in total. The van der Waals surface area contributed by atoms with E-state index in [1.807, 2.05) is 18.4 Å². The van der Waals surface area contributed by atoms with Crippen LogP contribution < -0.4 is 11.5 Å². The predicted molar refractivity (Wildman–Crippen MR) is 45.2 cm³/mol. The molecule has 0 saturated carbocycles. The summed E-state index contributed by atoms with van der Waals surface area (Å²) in [6.07, 6.45) is 0. The number of amides is 1. The second kappa shape index (κ2) is 3.02. The van der Waals surface area contributed by atoms with Crippen LogP contribution in [0.1, 0.15) is 16.5 Å². The third kappa shape index (κ3) is 1.58. The van der Waals surface area contributed by atoms with Gasteiger partial charge in [-0.2, -0.15) is 0 Å². The van der Waals surface area contributed by atoms with Gasteiger partial charge in [0.1, 0.15) is 6.04 Å². The van der Waals surface area contributed by atoms with Gasteiger partial charge in [-0.05, 0) is 23.9 Å². The Hall–Kier alpha value is -0.870. The van der Waals surface area contributed by atoms with Crippen LogP contribution in [-0.4, -0.2) is 5.91 Å². The second-order valence-electron chi connectivity index (χ2n) is 2.35. The number of thiophene rings is 1. The second-order valence-corrected chi connectivity index (χ2v) is 3.30. The van der Waals surface area contributed by atoms with Gasteiger partial charge >= 0.3 is 0 Å². The molecule has 0 radical (unpaired) electrons. The van der Waals surface area contributed by atoms with Crippen LogP contribution in [0.15, 0.2) is 11.4 Å². The van der Waals surface area contributed by atoms with Crippen molar-refractivity contribution in [3.05, 3.63) is 21.9 Å². The van der Waals surface area contributed by atoms with Gasteiger partial charge in [-0.25, -0.2) is 0 Å². The summed E-state index contributed by atoms with van der Waals surface area (Å²) in [5.41, 5.74) is 11.6. The number of hydrogen-bond acceptors (Lipinski definition) is 3. The average Bonchev–Trinajstić information content (AvgIpc) is 2.33. The first-order chi connectivity index (χ1) is 5.13. The molecular weight excluding hydrogens is 160 g/mol. The molecule has 0 saturated heterocycles. The van der Waals surface area contributed by atoms with Crippen LogP contribution in [0, 0.1) is 6.92 Å². The van der Waals surface area contributed by atoms with Crippen molar-refractivity contribution in [3.63, 3.8) is 0 Å². The van der Waals surface area contributed by atoms with Crippen molar-refractivity contribution in [2.24, 2.45) is 11.5 Å². The molecule has 0 bridgehead atoms. The highest BCUT2D eigenvalue weighted by molar-refractivity contribution is 7.10. The fourth-order valence-electron chi connectivity index (χ4n) is 0.832. The smallest absolute Gasteiger partial charge is 0.239 e. The van der Waals surface area contributed by atoms with E-state index in [9.17, 15) is 4.79 Å². The number of carbonyl (C=O) groups is 1. The van der Waals surface area contributed by atoms with Crippen LogP contribution >= 0.6 is 11.3 Å². The largest absolute Gasteiger partial charge is 0.368 e. The summed E-state index contributed by atoms with van der Waals surface area (Å²) >= 11 is 1.46. The van der Waals surface area contributed by atoms with Gasteiger partial charge in [0.05, 0.1) is 0 Å². The van der Waals surface area contributed by atoms with E-state index in [1.54, 1.807) is 0 Å². The number of rotatable bonds is 2. The molecule has 1 amide bonds. The van der Waals surface area contributed by atoms with Gasteiger partial charge in [0.2, 0.25) is 5.91 Å². The fraction of sp³-hybridized carbons (Fsp3) is 0.286. The summed E-state index contributed by atoms with van der Waals surface area (Å²) in [5, 5.41) is 1.90. The zero-order valence-electron chi connectivity index (χ0n) is 6.20. The molecule has 3 nitrogen and oxygen atoms in total. The minimum absolute atomic E-state index is 0.476. The first-order valence-electron chi connectivity index (χ1n) is 3.22. The van der Waals surface area contributed by atoms with E-state index in [0.717, 1.165) is 10.4 Å². The Morgan fingerprint density at radius 3 is 2.73 bits per heavy atom. The maximum Gasteiger partial charge on any atom is 0.239 e. The van der Waals surface area contributed by atoms with Gasteiger partial charge in [-0.3, -0.25) is 4.79 Å². The Morgan fingerprint density at radius 2 is 2.36 bits per heavy atom. The maximum atomic E-state index is 10.7. The Balaban J connectivity index is 2.92. The van der Waals surface area contributed by atoms with Crippen molar-refractivity contribution in [3.8, 4) is 0 Å². The van der Waals surface area contributed by atoms with Crippen LogP contribution in [0.25, 0.3) is 0 Å². The lowest BCUT2D eigenvalue weighted by Gasteiger charge is -2.04. The number of nitrogens with two attached hydrogens (primary N) is 2. The zero-order valence-corrected chi connectivity index (χ0v) is 7.02. The summed E-state index contributed by atoms with van der Waals surface area (Å²) in [6, 6.07) is 1.28. The Labute approximate surface area is 69.0 Å². The topological polar surface area (TPSA) is 69.1 Å². The summed E-state index contributed by atoms with van der Waals surface area (Å²) in [6.45, 7) is 1.91. The van der Waals surface area contributed by atoms with E-state index in [2.05, 4.69) is 0 Å². The minimum Gasteiger partial charge on any atom is -0.368 e. The van der Waals surface area contributed by atoms with Crippen LogP contribution in [0.4, 0.5) is 0 Å². The molecule has 1 heterocycles. The first-order valence-corrected chi connectivity index (χ1v) is 4.09. The molecule has 1 aromatic heterocycles. The number of primary amides is 1. The van der Waals surface area contributed by atoms with E-state index >= 15 is 0 Å². The third-order valence-electron chi connectivity index (χ3n) is 1.49. The van der Waals surface area contributed by atoms with Crippen LogP contribution in [0.5, 0.6) is 0 Å². The molecule has 0 aliphatic carbocycles. The lowest BCUT2D eigenvalue weighted by atomic mass is 10.2. The third-order valence-corrected chi connectivity index (χ3v) is 2.59. The number of hydrogen-bond donors (Lipinski definition) is 2. The SMILES string of the molecule is Cc1ccsc1[C@H](N)C(N)=O. The Morgan fingerprint density at radius 1 is 1.73 bits per heavy atom. The van der Waals surface area contributed by atoms with Gasteiger partial charge in [-0.15, -0.1) is 11.3 Å². The van der Waals surface area contributed by atoms with E-state index < -0.39 is 11.9 Å². The molecule has 0 fully saturated rings. The van der Waals surface area contributed by atoms with E-state index in [4.69, 9.17) is 11.5 Å². The number of carbonyl (C=O) groups excluding carboxylic acids is 1. The lowest BCUT2D eigenvalue weighted by molar-refractivity contribution is -0.119. The van der Waals surface area contributed by atoms with Crippen LogP contribution in [0.3, 0.4) is 0 Å². The van der Waals surface area contributed by atoms with Crippen molar-refractivity contribution >= 4 is 17.2 Å². The molecule has 0 unspecified atom stereocenters. The highest BCUT2D eigenvalue weighted by atomic mass is 32.1. The quantitative estimate of drug-likeness (QED) is 0.680. The highest BCUT2D eigenvalue weighted by Crippen LogP contribution is 2.21. The van der Waals surface area contributed by atoms with Crippen LogP contribution in [-0.2, 0) is 4.79 Å². The monoisotopic (exact) mass is 170 g/mol. The maximum absolute atomic E-state index is 10.7. The summed E-state index contributed by atoms with van der Waals surface area (Å²) in [7, 11) is 0. The van der Waals surface area contributed by atoms with Gasteiger partial charge in [0.15, 0.2) is 0 Å². The van der Waals surface area contributed by atoms with Crippen molar-refractivity contribution in [2.45, 2.75) is 13.0 Å². The Kier molecular flexibility index (Phi) is 2.26. The van der Waals surface area contributed by atoms with Gasteiger partial charge in [0, 0.05) is 4.88 Å². The standard InChI is InChI=1S/C7H10N2OS/c1-4-2-3-11-6(4)5(8)7(9)10/h2-3,5H,8H2,1H3,(H2,9,10)/t5-/m0/s1. The molecule has 11 heavy (non-hydrogen) atoms. The number of aryl methyl sites for hydroxylation is 1. The lowest BCUT2D eigenvalue weighted by Crippen LogP contribution is -2.27. The van der Waals surface area contributed by atoms with E-state index in [0.29, 0.717) is 0 Å². The molecule has 0 aliphatic rings. The van der Waals surface area contributed by atoms with Crippen molar-refractivity contribution in [1.29, 1.82) is 0 Å². The zero-order chi connectivity index (χ0) is 8.43. The molecule has 0 aromatic carbocycles. The molecule has 1 aromatic rings. The van der Waals surface area contributed by atoms with Gasteiger partial charge < -0.3 is 11.5 Å². The molecule has 60 valence electrons. The summed E-state index contributed by atoms with van der Waals surface area (Å²) in [4.78, 5) is 11.5. The molecule has 1 rings (SSSR count). The molecule has 4 heteroatoms. The highest BCUT2D eigenvalue weighted by Gasteiger charge is 2.14. The van der Waals surface area contributed by atoms with Gasteiger partial charge in [-0.1, -0.05) is 0 Å². The van der Waals surface area contributed by atoms with Crippen LogP contribution in [0.2, 0.25) is 0 Å². The predicted octanol–water partition coefficient (Wildman–Crippen LogP) is 0.542. The van der Waals surface area contributed by atoms with E-state index in [-0.39, 0.29) is 0 Å². The molecular formula is C7H10N2OS. The van der Waals surface area contributed by atoms with Gasteiger partial charge in [0.25, 0.3) is 0 Å². The normalized spacial score (nSPS) is 12.9. The molecule has 0 aliphatic heterocycles. The molecule has 1 atom stereocenters. The summed E-state index contributed by atoms with van der Waals surface area (Å²) in [5.74, 6) is -0.476. The molecule has 0 spiro atoms. The Bertz CT molecular complexity index is 269. The minimum atomic E-state index is -0.644. The van der Waals surface area contributed by atoms with Crippen molar-refractivity contribution in [1.82, 2.24) is 0 Å². The first kappa shape index (κ1) is 8.23.